The molecule has 3 aromatic rings. The highest BCUT2D eigenvalue weighted by Crippen LogP contribution is 2.27. The number of rotatable bonds is 5. The van der Waals surface area contributed by atoms with Gasteiger partial charge in [0.15, 0.2) is 0 Å². The first-order valence-electron chi connectivity index (χ1n) is 9.07. The largest absolute Gasteiger partial charge is 0.495 e. The van der Waals surface area contributed by atoms with Crippen molar-refractivity contribution >= 4 is 22.4 Å². The number of nitrogens with zero attached hydrogens (tertiary/aromatic N) is 1. The molecule has 0 bridgehead atoms. The minimum atomic E-state index is 0.211. The molecular weight excluding hydrogens is 326 g/mol. The van der Waals surface area contributed by atoms with E-state index in [0.717, 1.165) is 54.1 Å². The lowest BCUT2D eigenvalue weighted by atomic mass is 10.1. The molecule has 5 heteroatoms. The Labute approximate surface area is 153 Å². The number of quaternary nitrogens is 1. The van der Waals surface area contributed by atoms with Crippen molar-refractivity contribution in [1.29, 1.82) is 0 Å². The number of fused-ring (bicyclic) bond motifs is 1. The van der Waals surface area contributed by atoms with Crippen molar-refractivity contribution in [3.63, 3.8) is 0 Å². The number of benzene rings is 2. The summed E-state index contributed by atoms with van der Waals surface area (Å²) in [7, 11) is 1.71. The van der Waals surface area contributed by atoms with Crippen molar-refractivity contribution in [3.05, 3.63) is 60.3 Å². The van der Waals surface area contributed by atoms with Crippen LogP contribution in [0.5, 0.6) is 5.75 Å². The summed E-state index contributed by atoms with van der Waals surface area (Å²) < 4.78 is 5.47. The molecule has 1 aromatic heterocycles. The summed E-state index contributed by atoms with van der Waals surface area (Å²) in [5, 5.41) is 1.02. The third-order valence-corrected chi connectivity index (χ3v) is 5.20. The average Bonchev–Trinajstić information content (AvgIpc) is 3.13. The molecule has 0 radical (unpaired) electrons. The summed E-state index contributed by atoms with van der Waals surface area (Å²) in [5.41, 5.74) is 2.96. The molecule has 0 spiro atoms. The van der Waals surface area contributed by atoms with Gasteiger partial charge in [0, 0.05) is 22.7 Å². The topological polar surface area (TPSA) is 49.8 Å². The van der Waals surface area contributed by atoms with Gasteiger partial charge < -0.3 is 19.5 Å². The predicted molar refractivity (Wildman–Crippen MR) is 103 cm³/mol. The van der Waals surface area contributed by atoms with Crippen LogP contribution in [0.25, 0.3) is 10.9 Å². The quantitative estimate of drug-likeness (QED) is 0.690. The van der Waals surface area contributed by atoms with Crippen molar-refractivity contribution in [3.8, 4) is 5.75 Å². The number of para-hydroxylation sites is 3. The van der Waals surface area contributed by atoms with E-state index >= 15 is 0 Å². The Balaban J connectivity index is 1.40. The predicted octanol–water partition coefficient (Wildman–Crippen LogP) is 1.76. The summed E-state index contributed by atoms with van der Waals surface area (Å²) >= 11 is 0. The lowest BCUT2D eigenvalue weighted by Crippen LogP contribution is -3.15. The molecule has 4 rings (SSSR count). The summed E-state index contributed by atoms with van der Waals surface area (Å²) in [5.74, 6) is 1.12. The summed E-state index contributed by atoms with van der Waals surface area (Å²) in [4.78, 5) is 19.6. The third-order valence-electron chi connectivity index (χ3n) is 5.20. The van der Waals surface area contributed by atoms with E-state index in [4.69, 9.17) is 4.74 Å². The van der Waals surface area contributed by atoms with Gasteiger partial charge in [-0.1, -0.05) is 30.3 Å². The Kier molecular flexibility index (Phi) is 4.63. The van der Waals surface area contributed by atoms with E-state index in [1.54, 1.807) is 7.11 Å². The number of ether oxygens (including phenoxy) is 1. The number of hydrogen-bond donors (Lipinski definition) is 2. The molecule has 0 atom stereocenters. The Morgan fingerprint density at radius 3 is 2.65 bits per heavy atom. The maximum absolute atomic E-state index is 12.8. The van der Waals surface area contributed by atoms with Crippen LogP contribution in [0, 0.1) is 0 Å². The fourth-order valence-corrected chi connectivity index (χ4v) is 3.76. The van der Waals surface area contributed by atoms with E-state index in [1.165, 1.54) is 4.90 Å². The first-order chi connectivity index (χ1) is 12.8. The molecule has 2 N–H and O–H groups in total. The normalized spacial score (nSPS) is 15.3. The van der Waals surface area contributed by atoms with Gasteiger partial charge in [-0.2, -0.15) is 0 Å². The van der Waals surface area contributed by atoms with Crippen molar-refractivity contribution < 1.29 is 14.4 Å². The number of ketones is 1. The average molecular weight is 350 g/mol. The Morgan fingerprint density at radius 1 is 1.12 bits per heavy atom. The van der Waals surface area contributed by atoms with Crippen LogP contribution in [0.4, 0.5) is 5.69 Å². The van der Waals surface area contributed by atoms with Crippen molar-refractivity contribution in [2.45, 2.75) is 0 Å². The summed E-state index contributed by atoms with van der Waals surface area (Å²) in [6.45, 7) is 4.30. The summed E-state index contributed by atoms with van der Waals surface area (Å²) in [6.07, 6.45) is 1.84. The Bertz CT molecular complexity index is 910. The van der Waals surface area contributed by atoms with E-state index in [1.807, 2.05) is 48.7 Å². The fourth-order valence-electron chi connectivity index (χ4n) is 3.76. The molecule has 2 aromatic carbocycles. The van der Waals surface area contributed by atoms with Gasteiger partial charge in [0.05, 0.1) is 39.0 Å². The van der Waals surface area contributed by atoms with E-state index < -0.39 is 0 Å². The van der Waals surface area contributed by atoms with Crippen LogP contribution in [0.1, 0.15) is 10.4 Å². The van der Waals surface area contributed by atoms with Gasteiger partial charge in [0.25, 0.3) is 0 Å². The number of anilines is 1. The highest BCUT2D eigenvalue weighted by Gasteiger charge is 2.25. The van der Waals surface area contributed by atoms with Crippen LogP contribution >= 0.6 is 0 Å². The fraction of sp³-hybridized carbons (Fsp3) is 0.286. The Morgan fingerprint density at radius 2 is 1.85 bits per heavy atom. The molecule has 134 valence electrons. The van der Waals surface area contributed by atoms with Gasteiger partial charge in [0.1, 0.15) is 12.3 Å². The van der Waals surface area contributed by atoms with Gasteiger partial charge in [-0.05, 0) is 18.2 Å². The van der Waals surface area contributed by atoms with Crippen molar-refractivity contribution in [2.24, 2.45) is 0 Å². The standard InChI is InChI=1S/C21H23N3O2/c1-26-21-9-5-4-8-19(21)24-12-10-23(11-13-24)15-20(25)17-14-22-18-7-3-2-6-16(17)18/h2-9,14,22H,10-13,15H2,1H3/p+1. The van der Waals surface area contributed by atoms with Crippen molar-refractivity contribution in [1.82, 2.24) is 4.98 Å². The highest BCUT2D eigenvalue weighted by atomic mass is 16.5. The lowest BCUT2D eigenvalue weighted by molar-refractivity contribution is -0.892. The van der Waals surface area contributed by atoms with Crippen LogP contribution in [0.15, 0.2) is 54.7 Å². The number of piperazine rings is 1. The number of nitrogens with one attached hydrogen (secondary N) is 2. The molecule has 1 aliphatic heterocycles. The maximum atomic E-state index is 12.8. The lowest BCUT2D eigenvalue weighted by Gasteiger charge is -2.34. The van der Waals surface area contributed by atoms with E-state index in [2.05, 4.69) is 16.0 Å². The van der Waals surface area contributed by atoms with E-state index in [-0.39, 0.29) is 5.78 Å². The second kappa shape index (κ2) is 7.22. The zero-order valence-electron chi connectivity index (χ0n) is 15.0. The van der Waals surface area contributed by atoms with Crippen LogP contribution in [-0.4, -0.2) is 50.6 Å². The zero-order chi connectivity index (χ0) is 17.9. The molecule has 0 aliphatic carbocycles. The van der Waals surface area contributed by atoms with E-state index in [9.17, 15) is 4.79 Å². The summed E-state index contributed by atoms with van der Waals surface area (Å²) in [6, 6.07) is 16.1. The molecule has 2 heterocycles. The van der Waals surface area contributed by atoms with Crippen LogP contribution in [0.2, 0.25) is 0 Å². The number of Topliss-reactive ketones (excluding diaryl/α,β-unsaturated/α-hetero) is 1. The smallest absolute Gasteiger partial charge is 0.219 e. The first-order valence-corrected chi connectivity index (χ1v) is 9.07. The van der Waals surface area contributed by atoms with Crippen LogP contribution in [0.3, 0.4) is 0 Å². The zero-order valence-corrected chi connectivity index (χ0v) is 15.0. The molecule has 0 saturated carbocycles. The second-order valence-corrected chi connectivity index (χ2v) is 6.76. The van der Waals surface area contributed by atoms with E-state index in [0.29, 0.717) is 6.54 Å². The number of carbonyl (C=O) groups excluding carboxylic acids is 1. The number of aromatic nitrogens is 1. The minimum Gasteiger partial charge on any atom is -0.495 e. The van der Waals surface area contributed by atoms with Gasteiger partial charge in [0.2, 0.25) is 5.78 Å². The molecule has 0 unspecified atom stereocenters. The number of H-pyrrole nitrogens is 1. The highest BCUT2D eigenvalue weighted by molar-refractivity contribution is 6.08. The molecule has 1 fully saturated rings. The minimum absolute atomic E-state index is 0.211. The first kappa shape index (κ1) is 16.7. The number of methoxy groups -OCH3 is 1. The van der Waals surface area contributed by atoms with Crippen molar-refractivity contribution in [2.75, 3.05) is 44.7 Å². The second-order valence-electron chi connectivity index (χ2n) is 6.76. The SMILES string of the molecule is COc1ccccc1N1CC[NH+](CC(=O)c2c[nH]c3ccccc23)CC1. The third kappa shape index (κ3) is 3.18. The molecule has 26 heavy (non-hydrogen) atoms. The number of carbonyl (C=O) groups is 1. The van der Waals surface area contributed by atoms with Crippen LogP contribution in [-0.2, 0) is 0 Å². The van der Waals surface area contributed by atoms with Gasteiger partial charge in [-0.15, -0.1) is 0 Å². The number of hydrogen-bond acceptors (Lipinski definition) is 3. The molecule has 1 saturated heterocycles. The van der Waals surface area contributed by atoms with Crippen LogP contribution < -0.4 is 14.5 Å². The molecule has 1 aliphatic rings. The monoisotopic (exact) mass is 350 g/mol. The maximum Gasteiger partial charge on any atom is 0.219 e. The van der Waals surface area contributed by atoms with Gasteiger partial charge >= 0.3 is 0 Å². The molecular formula is C21H24N3O2+. The Hall–Kier alpha value is -2.79. The van der Waals surface area contributed by atoms with Gasteiger partial charge in [-0.3, -0.25) is 4.79 Å². The molecule has 0 amide bonds. The van der Waals surface area contributed by atoms with Gasteiger partial charge in [-0.25, -0.2) is 0 Å². The number of aromatic amines is 1. The molecule has 5 nitrogen and oxygen atoms in total.